The summed E-state index contributed by atoms with van der Waals surface area (Å²) in [6.45, 7) is 2.26. The third-order valence-corrected chi connectivity index (χ3v) is 6.79. The van der Waals surface area contributed by atoms with Gasteiger partial charge in [-0.1, -0.05) is 6.07 Å². The lowest BCUT2D eigenvalue weighted by Gasteiger charge is -2.30. The minimum Gasteiger partial charge on any atom is -0.363 e. The number of nitrogens with one attached hydrogen (secondary N) is 2. The number of rotatable bonds is 6. The minimum absolute atomic E-state index is 0.0490. The number of amides is 3. The molecule has 0 saturated carbocycles. The van der Waals surface area contributed by atoms with Gasteiger partial charge in [0.1, 0.15) is 29.0 Å². The van der Waals surface area contributed by atoms with Crippen LogP contribution in [0, 0.1) is 17.5 Å². The maximum atomic E-state index is 14.2. The molecule has 1 aliphatic rings. The summed E-state index contributed by atoms with van der Waals surface area (Å²) in [6, 6.07) is 9.36. The third kappa shape index (κ3) is 6.50. The van der Waals surface area contributed by atoms with E-state index in [-0.39, 0.29) is 35.6 Å². The molecule has 3 aromatic rings. The van der Waals surface area contributed by atoms with Gasteiger partial charge in [0.05, 0.1) is 16.9 Å². The van der Waals surface area contributed by atoms with Crippen LogP contribution < -0.4 is 20.4 Å². The molecule has 0 unspecified atom stereocenters. The molecule has 2 N–H and O–H groups in total. The largest absolute Gasteiger partial charge is 0.419 e. The fourth-order valence-electron chi connectivity index (χ4n) is 4.50. The molecular formula is C29H26F6N4O3. The average Bonchev–Trinajstić information content (AvgIpc) is 2.99. The first-order chi connectivity index (χ1) is 19.6. The normalized spacial score (nSPS) is 15.6. The van der Waals surface area contributed by atoms with E-state index in [9.17, 15) is 40.7 Å². The zero-order chi connectivity index (χ0) is 31.0. The number of halogens is 6. The Balaban J connectivity index is 1.62. The van der Waals surface area contributed by atoms with Crippen LogP contribution in [-0.4, -0.2) is 42.9 Å². The number of nitrogens with zero attached hydrogens (tertiary/aromatic N) is 2. The molecule has 0 fully saturated rings. The number of likely N-dealkylation sites (N-methyl/N-ethyl adjacent to an activating group) is 1. The average molecular weight is 593 g/mol. The van der Waals surface area contributed by atoms with Gasteiger partial charge in [0.2, 0.25) is 5.91 Å². The zero-order valence-electron chi connectivity index (χ0n) is 22.7. The third-order valence-electron chi connectivity index (χ3n) is 6.79. The first-order valence-corrected chi connectivity index (χ1v) is 12.6. The number of hydrogen-bond donors (Lipinski definition) is 2. The Bertz CT molecular complexity index is 1520. The molecule has 1 aliphatic heterocycles. The molecule has 222 valence electrons. The molecule has 0 spiro atoms. The van der Waals surface area contributed by atoms with Gasteiger partial charge in [0.15, 0.2) is 0 Å². The van der Waals surface area contributed by atoms with E-state index in [4.69, 9.17) is 0 Å². The molecule has 4 rings (SSSR count). The fourth-order valence-corrected chi connectivity index (χ4v) is 4.50. The first-order valence-electron chi connectivity index (χ1n) is 12.6. The molecule has 0 saturated heterocycles. The summed E-state index contributed by atoms with van der Waals surface area (Å²) in [4.78, 5) is 42.0. The molecular weight excluding hydrogens is 566 g/mol. The van der Waals surface area contributed by atoms with Crippen molar-refractivity contribution in [3.8, 4) is 0 Å². The molecule has 42 heavy (non-hydrogen) atoms. The predicted molar refractivity (Wildman–Crippen MR) is 142 cm³/mol. The second-order valence-electron chi connectivity index (χ2n) is 10.3. The Hall–Kier alpha value is -4.55. The van der Waals surface area contributed by atoms with Crippen LogP contribution in [-0.2, 0) is 22.3 Å². The Morgan fingerprint density at radius 3 is 2.19 bits per heavy atom. The summed E-state index contributed by atoms with van der Waals surface area (Å²) >= 11 is 0. The second kappa shape index (κ2) is 11.4. The number of benzene rings is 3. The number of carbonyl (C=O) groups excluding carboxylic acids is 3. The lowest BCUT2D eigenvalue weighted by molar-refractivity contribution is -0.140. The van der Waals surface area contributed by atoms with Gasteiger partial charge in [-0.05, 0) is 74.0 Å². The van der Waals surface area contributed by atoms with E-state index in [0.717, 1.165) is 35.2 Å². The van der Waals surface area contributed by atoms with Crippen molar-refractivity contribution in [3.05, 3.63) is 94.8 Å². The van der Waals surface area contributed by atoms with Crippen LogP contribution in [0.4, 0.5) is 37.7 Å². The molecule has 7 nitrogen and oxygen atoms in total. The van der Waals surface area contributed by atoms with Crippen molar-refractivity contribution in [2.45, 2.75) is 38.1 Å². The highest BCUT2D eigenvalue weighted by atomic mass is 19.4. The van der Waals surface area contributed by atoms with Gasteiger partial charge in [-0.2, -0.15) is 13.2 Å². The smallest absolute Gasteiger partial charge is 0.363 e. The van der Waals surface area contributed by atoms with Crippen LogP contribution in [0.5, 0.6) is 0 Å². The van der Waals surface area contributed by atoms with Gasteiger partial charge in [-0.25, -0.2) is 13.2 Å². The van der Waals surface area contributed by atoms with Gasteiger partial charge < -0.3 is 20.4 Å². The van der Waals surface area contributed by atoms with E-state index < -0.39 is 58.5 Å². The number of fused-ring (bicyclic) bond motifs is 1. The molecule has 0 bridgehead atoms. The molecule has 0 aromatic heterocycles. The van der Waals surface area contributed by atoms with E-state index >= 15 is 0 Å². The number of anilines is 2. The molecule has 1 heterocycles. The van der Waals surface area contributed by atoms with Crippen molar-refractivity contribution in [2.24, 2.45) is 0 Å². The molecule has 0 radical (unpaired) electrons. The maximum Gasteiger partial charge on any atom is 0.419 e. The number of hydrogen-bond acceptors (Lipinski definition) is 4. The molecule has 3 amide bonds. The summed E-state index contributed by atoms with van der Waals surface area (Å²) in [6.07, 6.45) is -4.95. The van der Waals surface area contributed by atoms with Gasteiger partial charge in [-0.3, -0.25) is 14.4 Å². The van der Waals surface area contributed by atoms with E-state index in [1.165, 1.54) is 44.0 Å². The van der Waals surface area contributed by atoms with Crippen molar-refractivity contribution < 1.29 is 40.7 Å². The summed E-state index contributed by atoms with van der Waals surface area (Å²) in [5.74, 6) is -4.80. The maximum absolute atomic E-state index is 14.2. The quantitative estimate of drug-likeness (QED) is 0.403. The van der Waals surface area contributed by atoms with E-state index in [2.05, 4.69) is 10.6 Å². The second-order valence-corrected chi connectivity index (χ2v) is 10.3. The van der Waals surface area contributed by atoms with Gasteiger partial charge in [0, 0.05) is 25.7 Å². The van der Waals surface area contributed by atoms with Crippen molar-refractivity contribution in [2.75, 3.05) is 23.4 Å². The monoisotopic (exact) mass is 592 g/mol. The summed E-state index contributed by atoms with van der Waals surface area (Å²) in [5.41, 5.74) is -2.52. The van der Waals surface area contributed by atoms with Crippen molar-refractivity contribution in [1.82, 2.24) is 10.6 Å². The predicted octanol–water partition coefficient (Wildman–Crippen LogP) is 4.80. The highest BCUT2D eigenvalue weighted by molar-refractivity contribution is 6.04. The minimum atomic E-state index is -4.95. The zero-order valence-corrected chi connectivity index (χ0v) is 22.7. The lowest BCUT2D eigenvalue weighted by atomic mass is 10.0. The van der Waals surface area contributed by atoms with E-state index in [0.29, 0.717) is 12.1 Å². The van der Waals surface area contributed by atoms with Crippen LogP contribution >= 0.6 is 0 Å². The summed E-state index contributed by atoms with van der Waals surface area (Å²) < 4.78 is 81.4. The highest BCUT2D eigenvalue weighted by Crippen LogP contribution is 2.36. The van der Waals surface area contributed by atoms with Gasteiger partial charge in [-0.15, -0.1) is 0 Å². The van der Waals surface area contributed by atoms with Crippen LogP contribution in [0.25, 0.3) is 0 Å². The van der Waals surface area contributed by atoms with Crippen LogP contribution in [0.15, 0.2) is 60.7 Å². The molecule has 3 aromatic carbocycles. The molecule has 1 atom stereocenters. The van der Waals surface area contributed by atoms with Crippen molar-refractivity contribution >= 4 is 29.1 Å². The van der Waals surface area contributed by atoms with Gasteiger partial charge in [0.25, 0.3) is 11.8 Å². The summed E-state index contributed by atoms with van der Waals surface area (Å²) in [7, 11) is 1.35. The van der Waals surface area contributed by atoms with Crippen molar-refractivity contribution in [1.29, 1.82) is 0 Å². The van der Waals surface area contributed by atoms with Crippen LogP contribution in [0.3, 0.4) is 0 Å². The Morgan fingerprint density at radius 2 is 1.55 bits per heavy atom. The van der Waals surface area contributed by atoms with Crippen molar-refractivity contribution in [3.63, 3.8) is 0 Å². The number of carbonyl (C=O) groups is 3. The van der Waals surface area contributed by atoms with Gasteiger partial charge >= 0.3 is 6.18 Å². The topological polar surface area (TPSA) is 81.8 Å². The fraction of sp³-hybridized carbons (Fsp3) is 0.276. The Morgan fingerprint density at radius 1 is 0.905 bits per heavy atom. The molecule has 0 aliphatic carbocycles. The van der Waals surface area contributed by atoms with Crippen LogP contribution in [0.2, 0.25) is 0 Å². The van der Waals surface area contributed by atoms with E-state index in [1.54, 1.807) is 0 Å². The lowest BCUT2D eigenvalue weighted by Crippen LogP contribution is -2.60. The van der Waals surface area contributed by atoms with E-state index in [1.807, 2.05) is 0 Å². The Kier molecular flexibility index (Phi) is 8.24. The highest BCUT2D eigenvalue weighted by Gasteiger charge is 2.38. The first kappa shape index (κ1) is 30.4. The summed E-state index contributed by atoms with van der Waals surface area (Å²) in [5, 5.41) is 5.10. The van der Waals surface area contributed by atoms with Crippen LogP contribution in [0.1, 0.15) is 35.3 Å². The SMILES string of the molecule is CN1C(=O)[C@H](NC(=O)C(C)(C)NC(=O)c2ccc(F)cc2)CN(Cc2ccc(F)c(C(F)(F)F)c2)c2ccc(F)cc21. The number of alkyl halides is 3. The molecule has 13 heteroatoms. The Labute approximate surface area is 237 Å². The standard InChI is InChI=1S/C29H26F6N4O3/c1-28(2,37-25(40)17-5-7-18(30)8-6-17)27(42)36-22-15-39(14-16-4-10-21(32)20(12-16)29(33,34)35)23-11-9-19(31)13-24(23)38(3)26(22)41/h4-13,22H,14-15H2,1-3H3,(H,36,42)(H,37,40)/t22-/m1/s1.